The molecular weight excluding hydrogens is 246 g/mol. The molecule has 1 fully saturated rings. The van der Waals surface area contributed by atoms with Crippen LogP contribution in [0.3, 0.4) is 0 Å². The quantitative estimate of drug-likeness (QED) is 0.896. The number of para-hydroxylation sites is 1. The Balaban J connectivity index is 2.12. The van der Waals surface area contributed by atoms with Crippen LogP contribution in [0.5, 0.6) is 11.5 Å². The highest BCUT2D eigenvalue weighted by atomic mass is 16.5. The third-order valence-corrected chi connectivity index (χ3v) is 3.42. The van der Waals surface area contributed by atoms with E-state index in [9.17, 15) is 9.90 Å². The van der Waals surface area contributed by atoms with Crippen LogP contribution in [-0.4, -0.2) is 49.8 Å². The van der Waals surface area contributed by atoms with Crippen LogP contribution in [0.1, 0.15) is 16.8 Å². The molecule has 0 saturated carbocycles. The molecule has 0 bridgehead atoms. The van der Waals surface area contributed by atoms with Gasteiger partial charge in [-0.1, -0.05) is 6.07 Å². The summed E-state index contributed by atoms with van der Waals surface area (Å²) >= 11 is 0. The Morgan fingerprint density at radius 3 is 2.95 bits per heavy atom. The summed E-state index contributed by atoms with van der Waals surface area (Å²) < 4.78 is 10.1. The molecule has 1 atom stereocenters. The summed E-state index contributed by atoms with van der Waals surface area (Å²) in [4.78, 5) is 14.1. The number of hydrogen-bond acceptors (Lipinski definition) is 4. The highest BCUT2D eigenvalue weighted by molar-refractivity contribution is 5.97. The third-order valence-electron chi connectivity index (χ3n) is 3.42. The maximum atomic E-state index is 12.4. The number of likely N-dealkylation sites (tertiary alicyclic amines) is 1. The minimum absolute atomic E-state index is 0.0924. The molecule has 1 heterocycles. The van der Waals surface area contributed by atoms with E-state index in [1.165, 1.54) is 7.11 Å². The lowest BCUT2D eigenvalue weighted by atomic mass is 10.1. The second kappa shape index (κ2) is 5.93. The number of phenolic OH excluding ortho intramolecular Hbond substituents is 1. The Morgan fingerprint density at radius 1 is 1.47 bits per heavy atom. The Hall–Kier alpha value is -1.75. The van der Waals surface area contributed by atoms with Gasteiger partial charge in [0.2, 0.25) is 0 Å². The number of aromatic hydroxyl groups is 1. The van der Waals surface area contributed by atoms with Crippen molar-refractivity contribution < 1.29 is 19.4 Å². The molecular formula is C14H19NO4. The van der Waals surface area contributed by atoms with Gasteiger partial charge in [-0.2, -0.15) is 0 Å². The van der Waals surface area contributed by atoms with Crippen molar-refractivity contribution in [3.05, 3.63) is 23.8 Å². The molecule has 2 rings (SSSR count). The molecule has 1 aliphatic heterocycles. The van der Waals surface area contributed by atoms with Gasteiger partial charge in [0, 0.05) is 26.1 Å². The fourth-order valence-electron chi connectivity index (χ4n) is 2.42. The van der Waals surface area contributed by atoms with Gasteiger partial charge in [0.25, 0.3) is 5.91 Å². The van der Waals surface area contributed by atoms with Gasteiger partial charge in [0.1, 0.15) is 0 Å². The highest BCUT2D eigenvalue weighted by Gasteiger charge is 2.28. The SMILES string of the molecule is COC[C@@H]1CCN(C(=O)c2cccc(OC)c2O)C1. The summed E-state index contributed by atoms with van der Waals surface area (Å²) in [6.07, 6.45) is 0.935. The molecule has 19 heavy (non-hydrogen) atoms. The van der Waals surface area contributed by atoms with Crippen LogP contribution in [-0.2, 0) is 4.74 Å². The van der Waals surface area contributed by atoms with Crippen LogP contribution in [0.25, 0.3) is 0 Å². The van der Waals surface area contributed by atoms with E-state index >= 15 is 0 Å². The zero-order valence-corrected chi connectivity index (χ0v) is 11.3. The first kappa shape index (κ1) is 13.7. The molecule has 1 N–H and O–H groups in total. The van der Waals surface area contributed by atoms with Gasteiger partial charge in [-0.3, -0.25) is 4.79 Å². The second-order valence-electron chi connectivity index (χ2n) is 4.72. The molecule has 0 unspecified atom stereocenters. The van der Waals surface area contributed by atoms with Crippen molar-refractivity contribution in [2.45, 2.75) is 6.42 Å². The van der Waals surface area contributed by atoms with Crippen LogP contribution in [0, 0.1) is 5.92 Å². The molecule has 1 aromatic carbocycles. The molecule has 5 nitrogen and oxygen atoms in total. The first-order valence-electron chi connectivity index (χ1n) is 6.31. The van der Waals surface area contributed by atoms with Crippen LogP contribution in [0.2, 0.25) is 0 Å². The number of hydrogen-bond donors (Lipinski definition) is 1. The van der Waals surface area contributed by atoms with E-state index in [0.717, 1.165) is 6.42 Å². The summed E-state index contributed by atoms with van der Waals surface area (Å²) in [6, 6.07) is 4.95. The first-order chi connectivity index (χ1) is 9.17. The Kier molecular flexibility index (Phi) is 4.27. The summed E-state index contributed by atoms with van der Waals surface area (Å²) in [7, 11) is 3.13. The number of carbonyl (C=O) groups is 1. The fraction of sp³-hybridized carbons (Fsp3) is 0.500. The molecule has 5 heteroatoms. The molecule has 1 aliphatic rings. The molecule has 1 amide bonds. The van der Waals surface area contributed by atoms with E-state index in [1.54, 1.807) is 30.2 Å². The number of benzene rings is 1. The summed E-state index contributed by atoms with van der Waals surface area (Å²) in [5.41, 5.74) is 0.289. The maximum Gasteiger partial charge on any atom is 0.257 e. The van der Waals surface area contributed by atoms with Crippen molar-refractivity contribution in [2.75, 3.05) is 33.9 Å². The normalized spacial score (nSPS) is 18.6. The van der Waals surface area contributed by atoms with E-state index in [0.29, 0.717) is 31.4 Å². The lowest BCUT2D eigenvalue weighted by Gasteiger charge is -2.17. The lowest BCUT2D eigenvalue weighted by Crippen LogP contribution is -2.29. The number of rotatable bonds is 4. The summed E-state index contributed by atoms with van der Waals surface area (Å²) in [5, 5.41) is 9.99. The maximum absolute atomic E-state index is 12.4. The average molecular weight is 265 g/mol. The predicted octanol–water partition coefficient (Wildman–Crippen LogP) is 1.51. The van der Waals surface area contributed by atoms with Crippen molar-refractivity contribution in [1.29, 1.82) is 0 Å². The Morgan fingerprint density at radius 2 is 2.26 bits per heavy atom. The van der Waals surface area contributed by atoms with Gasteiger partial charge >= 0.3 is 0 Å². The Bertz CT molecular complexity index is 461. The van der Waals surface area contributed by atoms with Crippen LogP contribution < -0.4 is 4.74 Å². The number of ether oxygens (including phenoxy) is 2. The van der Waals surface area contributed by atoms with Crippen molar-refractivity contribution in [1.82, 2.24) is 4.90 Å². The van der Waals surface area contributed by atoms with Crippen LogP contribution >= 0.6 is 0 Å². The molecule has 0 radical (unpaired) electrons. The van der Waals surface area contributed by atoms with Crippen LogP contribution in [0.4, 0.5) is 0 Å². The molecule has 1 aromatic rings. The topological polar surface area (TPSA) is 59.0 Å². The monoisotopic (exact) mass is 265 g/mol. The smallest absolute Gasteiger partial charge is 0.257 e. The summed E-state index contributed by atoms with van der Waals surface area (Å²) in [6.45, 7) is 2.03. The minimum atomic E-state index is -0.157. The highest BCUT2D eigenvalue weighted by Crippen LogP contribution is 2.31. The molecule has 104 valence electrons. The predicted molar refractivity (Wildman–Crippen MR) is 70.5 cm³/mol. The van der Waals surface area contributed by atoms with Gasteiger partial charge in [0.15, 0.2) is 11.5 Å². The number of phenols is 1. The number of carbonyl (C=O) groups excluding carboxylic acids is 1. The van der Waals surface area contributed by atoms with E-state index in [4.69, 9.17) is 9.47 Å². The molecule has 0 spiro atoms. The van der Waals surface area contributed by atoms with Gasteiger partial charge in [-0.15, -0.1) is 0 Å². The average Bonchev–Trinajstić information content (AvgIpc) is 2.87. The lowest BCUT2D eigenvalue weighted by molar-refractivity contribution is 0.0772. The van der Waals surface area contributed by atoms with Crippen molar-refractivity contribution in [2.24, 2.45) is 5.92 Å². The summed E-state index contributed by atoms with van der Waals surface area (Å²) in [5.74, 6) is 0.445. The number of methoxy groups -OCH3 is 2. The molecule has 0 aromatic heterocycles. The first-order valence-corrected chi connectivity index (χ1v) is 6.31. The molecule has 1 saturated heterocycles. The van der Waals surface area contributed by atoms with Gasteiger partial charge in [-0.25, -0.2) is 0 Å². The van der Waals surface area contributed by atoms with Crippen LogP contribution in [0.15, 0.2) is 18.2 Å². The zero-order valence-electron chi connectivity index (χ0n) is 11.3. The van der Waals surface area contributed by atoms with Gasteiger partial charge in [-0.05, 0) is 18.6 Å². The number of amides is 1. The molecule has 0 aliphatic carbocycles. The van der Waals surface area contributed by atoms with Crippen molar-refractivity contribution >= 4 is 5.91 Å². The van der Waals surface area contributed by atoms with E-state index in [2.05, 4.69) is 0 Å². The number of nitrogens with zero attached hydrogens (tertiary/aromatic N) is 1. The zero-order chi connectivity index (χ0) is 13.8. The van der Waals surface area contributed by atoms with Gasteiger partial charge < -0.3 is 19.5 Å². The van der Waals surface area contributed by atoms with Crippen molar-refractivity contribution in [3.8, 4) is 11.5 Å². The standard InChI is InChI=1S/C14H19NO4/c1-18-9-10-6-7-15(8-10)14(17)11-4-3-5-12(19-2)13(11)16/h3-5,10,16H,6-9H2,1-2H3/t10-/m1/s1. The fourth-order valence-corrected chi connectivity index (χ4v) is 2.42. The Labute approximate surface area is 112 Å². The minimum Gasteiger partial charge on any atom is -0.504 e. The van der Waals surface area contributed by atoms with E-state index in [-0.39, 0.29) is 17.2 Å². The van der Waals surface area contributed by atoms with E-state index in [1.807, 2.05) is 0 Å². The largest absolute Gasteiger partial charge is 0.504 e. The van der Waals surface area contributed by atoms with Crippen molar-refractivity contribution in [3.63, 3.8) is 0 Å². The van der Waals surface area contributed by atoms with Gasteiger partial charge in [0.05, 0.1) is 19.3 Å². The third kappa shape index (κ3) is 2.81. The van der Waals surface area contributed by atoms with E-state index < -0.39 is 0 Å². The second-order valence-corrected chi connectivity index (χ2v) is 4.72.